The lowest BCUT2D eigenvalue weighted by Crippen LogP contribution is -2.51. The third-order valence-electron chi connectivity index (χ3n) is 8.24. The molecule has 0 heterocycles. The largest absolute Gasteiger partial charge is 0.457 e. The van der Waals surface area contributed by atoms with Crippen LogP contribution in [0.4, 0.5) is 0 Å². The van der Waals surface area contributed by atoms with Crippen LogP contribution >= 0.6 is 0 Å². The van der Waals surface area contributed by atoms with Crippen LogP contribution in [0.5, 0.6) is 0 Å². The van der Waals surface area contributed by atoms with Crippen molar-refractivity contribution in [1.82, 2.24) is 0 Å². The quantitative estimate of drug-likeness (QED) is 0.635. The number of carbonyl (C=O) groups is 4. The molecule has 4 aliphatic carbocycles. The van der Waals surface area contributed by atoms with Crippen LogP contribution in [-0.4, -0.2) is 30.1 Å². The molecule has 0 radical (unpaired) electrons. The summed E-state index contributed by atoms with van der Waals surface area (Å²) < 4.78 is 10.5. The lowest BCUT2D eigenvalue weighted by Gasteiger charge is -2.57. The maximum Gasteiger partial charge on any atom is 0.307 e. The number of ether oxygens (including phenoxy) is 2. The van der Waals surface area contributed by atoms with Crippen molar-refractivity contribution >= 4 is 23.5 Å². The van der Waals surface area contributed by atoms with Gasteiger partial charge in [0.2, 0.25) is 0 Å². The van der Waals surface area contributed by atoms with E-state index in [1.54, 1.807) is 6.08 Å². The van der Waals surface area contributed by atoms with E-state index < -0.39 is 17.4 Å². The SMILES string of the molecule is CC(=O)OCC(=O)C1=CC[C@H]2[C@@H]3CCC4=CC(=O)C=C(OC(C)=O)[C@]4(C)[C@H]3CC[C@]12C. The minimum atomic E-state index is -0.478. The molecule has 0 N–H and O–H groups in total. The predicted octanol–water partition coefficient (Wildman–Crippen LogP) is 3.85. The topological polar surface area (TPSA) is 86.7 Å². The van der Waals surface area contributed by atoms with Crippen molar-refractivity contribution in [2.75, 3.05) is 6.61 Å². The van der Waals surface area contributed by atoms with E-state index in [1.807, 2.05) is 6.08 Å². The molecule has 0 aromatic heterocycles. The van der Waals surface area contributed by atoms with Crippen LogP contribution in [-0.2, 0) is 28.7 Å². The van der Waals surface area contributed by atoms with Crippen molar-refractivity contribution in [1.29, 1.82) is 0 Å². The average molecular weight is 427 g/mol. The van der Waals surface area contributed by atoms with E-state index in [-0.39, 0.29) is 29.5 Å². The van der Waals surface area contributed by atoms with E-state index >= 15 is 0 Å². The summed E-state index contributed by atoms with van der Waals surface area (Å²) in [5.41, 5.74) is 1.12. The molecule has 166 valence electrons. The van der Waals surface area contributed by atoms with Gasteiger partial charge in [-0.15, -0.1) is 0 Å². The van der Waals surface area contributed by atoms with Crippen LogP contribution in [0.2, 0.25) is 0 Å². The molecule has 6 nitrogen and oxygen atoms in total. The van der Waals surface area contributed by atoms with E-state index in [4.69, 9.17) is 9.47 Å². The first-order valence-electron chi connectivity index (χ1n) is 11.1. The second-order valence-electron chi connectivity index (χ2n) is 9.81. The second kappa shape index (κ2) is 7.57. The average Bonchev–Trinajstić information content (AvgIpc) is 3.04. The second-order valence-corrected chi connectivity index (χ2v) is 9.81. The Labute approximate surface area is 182 Å². The molecular formula is C25H30O6. The van der Waals surface area contributed by atoms with Crippen LogP contribution in [0.3, 0.4) is 0 Å². The van der Waals surface area contributed by atoms with E-state index in [0.717, 1.165) is 43.3 Å². The fourth-order valence-electron chi connectivity index (χ4n) is 6.82. The normalized spacial score (nSPS) is 36.2. The first-order chi connectivity index (χ1) is 14.6. The van der Waals surface area contributed by atoms with Gasteiger partial charge in [0.15, 0.2) is 18.2 Å². The zero-order valence-electron chi connectivity index (χ0n) is 18.7. The molecule has 5 atom stereocenters. The predicted molar refractivity (Wildman–Crippen MR) is 112 cm³/mol. The third kappa shape index (κ3) is 3.40. The Hall–Kier alpha value is -2.50. The molecule has 4 aliphatic rings. The Morgan fingerprint density at radius 2 is 1.81 bits per heavy atom. The summed E-state index contributed by atoms with van der Waals surface area (Å²) in [6.45, 7) is 6.74. The van der Waals surface area contributed by atoms with Gasteiger partial charge in [0, 0.05) is 25.5 Å². The highest BCUT2D eigenvalue weighted by Crippen LogP contribution is 2.66. The van der Waals surface area contributed by atoms with E-state index in [9.17, 15) is 19.2 Å². The van der Waals surface area contributed by atoms with Crippen LogP contribution in [0, 0.1) is 28.6 Å². The van der Waals surface area contributed by atoms with Gasteiger partial charge in [0.05, 0.1) is 5.41 Å². The highest BCUT2D eigenvalue weighted by atomic mass is 16.5. The van der Waals surface area contributed by atoms with Crippen LogP contribution < -0.4 is 0 Å². The maximum absolute atomic E-state index is 12.8. The molecular weight excluding hydrogens is 396 g/mol. The Morgan fingerprint density at radius 3 is 2.48 bits per heavy atom. The Kier molecular flexibility index (Phi) is 5.31. The van der Waals surface area contributed by atoms with Gasteiger partial charge < -0.3 is 9.47 Å². The number of hydrogen-bond donors (Lipinski definition) is 0. The number of esters is 2. The molecule has 0 bridgehead atoms. The van der Waals surface area contributed by atoms with Gasteiger partial charge in [0.25, 0.3) is 0 Å². The Bertz CT molecular complexity index is 953. The van der Waals surface area contributed by atoms with Crippen LogP contribution in [0.1, 0.15) is 59.8 Å². The monoisotopic (exact) mass is 426 g/mol. The molecule has 31 heavy (non-hydrogen) atoms. The summed E-state index contributed by atoms with van der Waals surface area (Å²) in [7, 11) is 0. The number of allylic oxidation sites excluding steroid dienone is 4. The van der Waals surface area contributed by atoms with E-state index in [0.29, 0.717) is 17.6 Å². The minimum Gasteiger partial charge on any atom is -0.457 e. The number of hydrogen-bond acceptors (Lipinski definition) is 6. The molecule has 0 spiro atoms. The Morgan fingerprint density at radius 1 is 1.06 bits per heavy atom. The number of carbonyl (C=O) groups excluding carboxylic acids is 4. The molecule has 0 aliphatic heterocycles. The molecule has 6 heteroatoms. The molecule has 4 rings (SSSR count). The molecule has 2 fully saturated rings. The highest BCUT2D eigenvalue weighted by molar-refractivity contribution is 6.02. The molecule has 2 saturated carbocycles. The fraction of sp³-hybridized carbons (Fsp3) is 0.600. The standard InChI is InChI=1S/C25H30O6/c1-14(26)30-13-22(29)21-8-7-19-18-6-5-16-11-17(28)12-23(31-15(2)27)25(16,4)20(18)9-10-24(19,21)3/h8,11-12,18-20H,5-7,9-10,13H2,1-4H3/t18-,19-,20-,24-,25-/m0/s1. The summed E-state index contributed by atoms with van der Waals surface area (Å²) in [5.74, 6) is 0.270. The first kappa shape index (κ1) is 21.7. The minimum absolute atomic E-state index is 0.106. The molecule has 0 saturated heterocycles. The maximum atomic E-state index is 12.8. The Balaban J connectivity index is 1.62. The van der Waals surface area contributed by atoms with Gasteiger partial charge in [-0.25, -0.2) is 0 Å². The van der Waals surface area contributed by atoms with Gasteiger partial charge >= 0.3 is 11.9 Å². The zero-order chi connectivity index (χ0) is 22.6. The number of Topliss-reactive ketones (excluding diaryl/α,β-unsaturated/α-hetero) is 1. The molecule has 0 aromatic carbocycles. The van der Waals surface area contributed by atoms with Gasteiger partial charge in [-0.2, -0.15) is 0 Å². The molecule has 0 amide bonds. The van der Waals surface area contributed by atoms with Crippen molar-refractivity contribution in [3.8, 4) is 0 Å². The lowest BCUT2D eigenvalue weighted by atomic mass is 9.47. The first-order valence-corrected chi connectivity index (χ1v) is 11.1. The van der Waals surface area contributed by atoms with Crippen LogP contribution in [0.15, 0.2) is 35.1 Å². The van der Waals surface area contributed by atoms with Gasteiger partial charge in [-0.3, -0.25) is 19.2 Å². The summed E-state index contributed by atoms with van der Waals surface area (Å²) in [5, 5.41) is 0. The fourth-order valence-corrected chi connectivity index (χ4v) is 6.82. The van der Waals surface area contributed by atoms with Crippen LogP contribution in [0.25, 0.3) is 0 Å². The number of rotatable bonds is 4. The number of ketones is 2. The van der Waals surface area contributed by atoms with Crippen molar-refractivity contribution in [2.24, 2.45) is 28.6 Å². The summed E-state index contributed by atoms with van der Waals surface area (Å²) in [6, 6.07) is 0. The van der Waals surface area contributed by atoms with E-state index in [1.165, 1.54) is 19.9 Å². The van der Waals surface area contributed by atoms with Crippen molar-refractivity contribution in [3.05, 3.63) is 35.1 Å². The van der Waals surface area contributed by atoms with Crippen molar-refractivity contribution < 1.29 is 28.7 Å². The molecule has 0 aromatic rings. The summed E-state index contributed by atoms with van der Waals surface area (Å²) in [4.78, 5) is 48.0. The van der Waals surface area contributed by atoms with E-state index in [2.05, 4.69) is 13.8 Å². The van der Waals surface area contributed by atoms with Gasteiger partial charge in [-0.1, -0.05) is 18.6 Å². The third-order valence-corrected chi connectivity index (χ3v) is 8.24. The van der Waals surface area contributed by atoms with Gasteiger partial charge in [0.1, 0.15) is 5.76 Å². The zero-order valence-corrected chi connectivity index (χ0v) is 18.7. The smallest absolute Gasteiger partial charge is 0.307 e. The molecule has 0 unspecified atom stereocenters. The number of fused-ring (bicyclic) bond motifs is 5. The summed E-state index contributed by atoms with van der Waals surface area (Å²) >= 11 is 0. The summed E-state index contributed by atoms with van der Waals surface area (Å²) in [6.07, 6.45) is 9.49. The lowest BCUT2D eigenvalue weighted by molar-refractivity contribution is -0.145. The van der Waals surface area contributed by atoms with Crippen molar-refractivity contribution in [3.63, 3.8) is 0 Å². The van der Waals surface area contributed by atoms with Gasteiger partial charge in [-0.05, 0) is 68.3 Å². The van der Waals surface area contributed by atoms with Crippen molar-refractivity contribution in [2.45, 2.75) is 59.8 Å². The highest BCUT2D eigenvalue weighted by Gasteiger charge is 2.59.